The molecule has 0 saturated carbocycles. The number of aryl methyl sites for hydroxylation is 1. The van der Waals surface area contributed by atoms with Crippen LogP contribution in [0.5, 0.6) is 5.88 Å². The molecular formula is C13H18N4O2S. The van der Waals surface area contributed by atoms with Crippen LogP contribution in [0.1, 0.15) is 16.4 Å². The molecule has 2 aromatic heterocycles. The van der Waals surface area contributed by atoms with Crippen LogP contribution in [0.4, 0.5) is 5.82 Å². The number of hydrogen-bond acceptors (Lipinski definition) is 7. The molecule has 6 nitrogen and oxygen atoms in total. The van der Waals surface area contributed by atoms with E-state index in [1.807, 2.05) is 19.5 Å². The van der Waals surface area contributed by atoms with Crippen LogP contribution in [0.15, 0.2) is 11.6 Å². The summed E-state index contributed by atoms with van der Waals surface area (Å²) in [6, 6.07) is 1.78. The molecule has 0 aromatic carbocycles. The van der Waals surface area contributed by atoms with Crippen LogP contribution >= 0.6 is 11.3 Å². The Hall–Kier alpha value is -1.73. The van der Waals surface area contributed by atoms with Gasteiger partial charge in [0, 0.05) is 31.5 Å². The highest BCUT2D eigenvalue weighted by molar-refractivity contribution is 7.09. The largest absolute Gasteiger partial charge is 0.477 e. The van der Waals surface area contributed by atoms with Gasteiger partial charge in [0.15, 0.2) is 5.82 Å². The topological polar surface area (TPSA) is 69.2 Å². The van der Waals surface area contributed by atoms with E-state index in [2.05, 4.69) is 20.3 Å². The SMILES string of the molecule is CNc1cc(OCCc2scnc2C)nc(COC)n1. The van der Waals surface area contributed by atoms with Gasteiger partial charge in [-0.1, -0.05) is 0 Å². The minimum atomic E-state index is 0.361. The van der Waals surface area contributed by atoms with Gasteiger partial charge in [-0.25, -0.2) is 9.97 Å². The zero-order valence-corrected chi connectivity index (χ0v) is 12.7. The van der Waals surface area contributed by atoms with E-state index in [0.717, 1.165) is 17.9 Å². The van der Waals surface area contributed by atoms with Gasteiger partial charge in [0.05, 0.1) is 17.8 Å². The maximum Gasteiger partial charge on any atom is 0.218 e. The molecular weight excluding hydrogens is 276 g/mol. The number of ether oxygens (including phenoxy) is 2. The fourth-order valence-corrected chi connectivity index (χ4v) is 2.45. The van der Waals surface area contributed by atoms with Gasteiger partial charge in [-0.2, -0.15) is 4.98 Å². The van der Waals surface area contributed by atoms with Crippen LogP contribution in [0.3, 0.4) is 0 Å². The molecule has 0 aliphatic heterocycles. The van der Waals surface area contributed by atoms with Gasteiger partial charge in [0.25, 0.3) is 0 Å². The third-order valence-electron chi connectivity index (χ3n) is 2.70. The monoisotopic (exact) mass is 294 g/mol. The van der Waals surface area contributed by atoms with Crippen molar-refractivity contribution in [2.75, 3.05) is 26.1 Å². The first-order valence-corrected chi connectivity index (χ1v) is 7.17. The Bertz CT molecular complexity index is 559. The van der Waals surface area contributed by atoms with Gasteiger partial charge in [0.2, 0.25) is 5.88 Å². The van der Waals surface area contributed by atoms with Crippen LogP contribution in [-0.2, 0) is 17.8 Å². The summed E-state index contributed by atoms with van der Waals surface area (Å²) < 4.78 is 10.7. The average Bonchev–Trinajstić information content (AvgIpc) is 2.84. The fraction of sp³-hybridized carbons (Fsp3) is 0.462. The Kier molecular flexibility index (Phi) is 5.25. The Labute approximate surface area is 122 Å². The minimum Gasteiger partial charge on any atom is -0.477 e. The Morgan fingerprint density at radius 3 is 2.85 bits per heavy atom. The van der Waals surface area contributed by atoms with Crippen molar-refractivity contribution in [2.45, 2.75) is 20.0 Å². The van der Waals surface area contributed by atoms with Gasteiger partial charge in [-0.3, -0.25) is 0 Å². The molecule has 0 aliphatic rings. The summed E-state index contributed by atoms with van der Waals surface area (Å²) in [6.07, 6.45) is 0.828. The normalized spacial score (nSPS) is 10.6. The van der Waals surface area contributed by atoms with E-state index in [1.54, 1.807) is 24.5 Å². The van der Waals surface area contributed by atoms with E-state index in [1.165, 1.54) is 4.88 Å². The highest BCUT2D eigenvalue weighted by Crippen LogP contribution is 2.16. The van der Waals surface area contributed by atoms with Gasteiger partial charge in [-0.15, -0.1) is 11.3 Å². The minimum absolute atomic E-state index is 0.361. The van der Waals surface area contributed by atoms with Crippen molar-refractivity contribution in [1.29, 1.82) is 0 Å². The number of nitrogens with one attached hydrogen (secondary N) is 1. The number of thiazole rings is 1. The summed E-state index contributed by atoms with van der Waals surface area (Å²) in [5.41, 5.74) is 2.92. The van der Waals surface area contributed by atoms with Crippen molar-refractivity contribution < 1.29 is 9.47 Å². The summed E-state index contributed by atoms with van der Waals surface area (Å²) in [6.45, 7) is 2.93. The molecule has 0 bridgehead atoms. The Morgan fingerprint density at radius 1 is 1.35 bits per heavy atom. The molecule has 2 heterocycles. The van der Waals surface area contributed by atoms with Crippen LogP contribution in [0.25, 0.3) is 0 Å². The lowest BCUT2D eigenvalue weighted by molar-refractivity contribution is 0.176. The summed E-state index contributed by atoms with van der Waals surface area (Å²) in [4.78, 5) is 14.0. The van der Waals surface area contributed by atoms with E-state index in [-0.39, 0.29) is 0 Å². The van der Waals surface area contributed by atoms with Crippen molar-refractivity contribution in [1.82, 2.24) is 15.0 Å². The molecule has 2 rings (SSSR count). The van der Waals surface area contributed by atoms with Crippen LogP contribution in [-0.4, -0.2) is 35.7 Å². The first-order valence-electron chi connectivity index (χ1n) is 6.29. The summed E-state index contributed by atoms with van der Waals surface area (Å²) >= 11 is 1.65. The van der Waals surface area contributed by atoms with Crippen LogP contribution < -0.4 is 10.1 Å². The third-order valence-corrected chi connectivity index (χ3v) is 3.70. The molecule has 0 unspecified atom stereocenters. The molecule has 0 saturated heterocycles. The molecule has 0 radical (unpaired) electrons. The lowest BCUT2D eigenvalue weighted by atomic mass is 10.3. The predicted molar refractivity (Wildman–Crippen MR) is 78.3 cm³/mol. The molecule has 0 atom stereocenters. The molecule has 0 fully saturated rings. The highest BCUT2D eigenvalue weighted by Gasteiger charge is 2.06. The van der Waals surface area contributed by atoms with Crippen molar-refractivity contribution >= 4 is 17.2 Å². The molecule has 20 heavy (non-hydrogen) atoms. The zero-order valence-electron chi connectivity index (χ0n) is 11.8. The number of anilines is 1. The average molecular weight is 294 g/mol. The number of hydrogen-bond donors (Lipinski definition) is 1. The van der Waals surface area contributed by atoms with Crippen molar-refractivity contribution in [2.24, 2.45) is 0 Å². The highest BCUT2D eigenvalue weighted by atomic mass is 32.1. The van der Waals surface area contributed by atoms with Crippen LogP contribution in [0, 0.1) is 6.92 Å². The van der Waals surface area contributed by atoms with E-state index >= 15 is 0 Å². The first kappa shape index (κ1) is 14.7. The second-order valence-electron chi connectivity index (χ2n) is 4.15. The Balaban J connectivity index is 1.97. The van der Waals surface area contributed by atoms with Crippen molar-refractivity contribution in [3.8, 4) is 5.88 Å². The number of nitrogens with zero attached hydrogens (tertiary/aromatic N) is 3. The number of methoxy groups -OCH3 is 1. The predicted octanol–water partition coefficient (Wildman–Crippen LogP) is 2.05. The molecule has 7 heteroatoms. The number of rotatable bonds is 7. The number of aromatic nitrogens is 3. The van der Waals surface area contributed by atoms with Gasteiger partial charge in [0.1, 0.15) is 12.4 Å². The quantitative estimate of drug-likeness (QED) is 0.843. The maximum atomic E-state index is 5.70. The third kappa shape index (κ3) is 3.88. The molecule has 0 amide bonds. The lowest BCUT2D eigenvalue weighted by Gasteiger charge is -2.08. The van der Waals surface area contributed by atoms with E-state index in [9.17, 15) is 0 Å². The summed E-state index contributed by atoms with van der Waals surface area (Å²) in [5.74, 6) is 1.87. The van der Waals surface area contributed by atoms with E-state index < -0.39 is 0 Å². The van der Waals surface area contributed by atoms with Crippen LogP contribution in [0.2, 0.25) is 0 Å². The van der Waals surface area contributed by atoms with Crippen molar-refractivity contribution in [3.63, 3.8) is 0 Å². The lowest BCUT2D eigenvalue weighted by Crippen LogP contribution is -2.07. The Morgan fingerprint density at radius 2 is 2.20 bits per heavy atom. The first-order chi connectivity index (χ1) is 9.72. The van der Waals surface area contributed by atoms with E-state index in [0.29, 0.717) is 24.9 Å². The zero-order chi connectivity index (χ0) is 14.4. The molecule has 108 valence electrons. The summed E-state index contributed by atoms with van der Waals surface area (Å²) in [7, 11) is 3.42. The molecule has 0 aliphatic carbocycles. The van der Waals surface area contributed by atoms with E-state index in [4.69, 9.17) is 9.47 Å². The molecule has 1 N–H and O–H groups in total. The molecule has 0 spiro atoms. The molecule has 2 aromatic rings. The standard InChI is InChI=1S/C13H18N4O2S/c1-9-10(20-8-15-9)4-5-19-13-6-11(14-2)16-12(17-13)7-18-3/h6,8H,4-5,7H2,1-3H3,(H,14,16,17). The fourth-order valence-electron chi connectivity index (χ4n) is 1.68. The van der Waals surface area contributed by atoms with Crippen molar-refractivity contribution in [3.05, 3.63) is 28.0 Å². The summed E-state index contributed by atoms with van der Waals surface area (Å²) in [5, 5.41) is 2.98. The van der Waals surface area contributed by atoms with Gasteiger partial charge >= 0.3 is 0 Å². The second kappa shape index (κ2) is 7.16. The second-order valence-corrected chi connectivity index (χ2v) is 5.09. The maximum absolute atomic E-state index is 5.70. The smallest absolute Gasteiger partial charge is 0.218 e. The van der Waals surface area contributed by atoms with Gasteiger partial charge in [-0.05, 0) is 6.92 Å². The van der Waals surface area contributed by atoms with Gasteiger partial charge < -0.3 is 14.8 Å².